The van der Waals surface area contributed by atoms with Crippen LogP contribution in [0.5, 0.6) is 0 Å². The largest absolute Gasteiger partial charge is 0.383 e. The maximum atomic E-state index is 10.9. The van der Waals surface area contributed by atoms with Crippen molar-refractivity contribution in [2.45, 2.75) is 19.4 Å². The van der Waals surface area contributed by atoms with Crippen LogP contribution in [0.4, 0.5) is 0 Å². The van der Waals surface area contributed by atoms with Crippen molar-refractivity contribution in [3.8, 4) is 0 Å². The van der Waals surface area contributed by atoms with Crippen molar-refractivity contribution >= 4 is 5.97 Å². The van der Waals surface area contributed by atoms with Gasteiger partial charge in [-0.1, -0.05) is 5.59 Å². The quantitative estimate of drug-likeness (QED) is 0.421. The van der Waals surface area contributed by atoms with Crippen molar-refractivity contribution in [2.24, 2.45) is 5.84 Å². The summed E-state index contributed by atoms with van der Waals surface area (Å²) in [4.78, 5) is 17.3. The Balaban J connectivity index is 3.61. The molecule has 6 heteroatoms. The Labute approximate surface area is 84.3 Å². The van der Waals surface area contributed by atoms with Crippen molar-refractivity contribution in [3.05, 3.63) is 0 Å². The summed E-state index contributed by atoms with van der Waals surface area (Å²) in [6, 6.07) is 0.277. The minimum Gasteiger partial charge on any atom is -0.383 e. The number of likely N-dealkylation sites (N-methyl/N-ethyl adjacent to an activating group) is 1. The van der Waals surface area contributed by atoms with Gasteiger partial charge in [0, 0.05) is 19.7 Å². The Morgan fingerprint density at radius 1 is 1.64 bits per heavy atom. The average Bonchev–Trinajstić information content (AvgIpc) is 2.15. The number of rotatable bonds is 7. The van der Waals surface area contributed by atoms with Crippen LogP contribution in [0.1, 0.15) is 13.3 Å². The summed E-state index contributed by atoms with van der Waals surface area (Å²) in [5.41, 5.74) is 1.85. The normalized spacial score (nSPS) is 12.9. The summed E-state index contributed by atoms with van der Waals surface area (Å²) in [6.45, 7) is 3.28. The van der Waals surface area contributed by atoms with E-state index < -0.39 is 0 Å². The molecule has 0 aromatic rings. The van der Waals surface area contributed by atoms with Crippen LogP contribution in [0.2, 0.25) is 0 Å². The summed E-state index contributed by atoms with van der Waals surface area (Å²) in [6.07, 6.45) is 0.300. The average molecular weight is 205 g/mol. The maximum absolute atomic E-state index is 10.9. The van der Waals surface area contributed by atoms with Crippen molar-refractivity contribution in [2.75, 3.05) is 27.3 Å². The summed E-state index contributed by atoms with van der Waals surface area (Å²) in [5.74, 6) is 4.45. The number of ether oxygens (including phenoxy) is 1. The molecule has 0 aliphatic heterocycles. The zero-order valence-electron chi connectivity index (χ0n) is 8.95. The van der Waals surface area contributed by atoms with Crippen LogP contribution < -0.4 is 11.4 Å². The highest BCUT2D eigenvalue weighted by Gasteiger charge is 2.10. The lowest BCUT2D eigenvalue weighted by Crippen LogP contribution is -2.35. The van der Waals surface area contributed by atoms with Gasteiger partial charge in [-0.05, 0) is 14.0 Å². The van der Waals surface area contributed by atoms with Gasteiger partial charge in [0.15, 0.2) is 0 Å². The van der Waals surface area contributed by atoms with Gasteiger partial charge in [0.05, 0.1) is 13.0 Å². The lowest BCUT2D eigenvalue weighted by molar-refractivity contribution is -0.151. The van der Waals surface area contributed by atoms with E-state index in [9.17, 15) is 4.79 Å². The smallest absolute Gasteiger partial charge is 0.327 e. The van der Waals surface area contributed by atoms with Crippen LogP contribution in [-0.4, -0.2) is 44.2 Å². The molecule has 0 bridgehead atoms. The van der Waals surface area contributed by atoms with Gasteiger partial charge in [-0.3, -0.25) is 4.79 Å². The number of carbonyl (C=O) groups is 1. The number of nitrogens with two attached hydrogens (primary N) is 1. The summed E-state index contributed by atoms with van der Waals surface area (Å²) < 4.78 is 4.99. The van der Waals surface area contributed by atoms with E-state index in [0.717, 1.165) is 0 Å². The molecule has 0 heterocycles. The fraction of sp³-hybridized carbons (Fsp3) is 0.875. The molecule has 0 radical (unpaired) electrons. The number of nitrogens with zero attached hydrogens (tertiary/aromatic N) is 1. The summed E-state index contributed by atoms with van der Waals surface area (Å²) in [7, 11) is 3.57. The fourth-order valence-electron chi connectivity index (χ4n) is 0.973. The van der Waals surface area contributed by atoms with Crippen LogP contribution in [0, 0.1) is 0 Å². The maximum Gasteiger partial charge on any atom is 0.327 e. The predicted octanol–water partition coefficient (Wildman–Crippen LogP) is -0.735. The van der Waals surface area contributed by atoms with Crippen molar-refractivity contribution < 1.29 is 14.4 Å². The van der Waals surface area contributed by atoms with Gasteiger partial charge in [-0.25, -0.2) is 5.84 Å². The molecule has 0 amide bonds. The van der Waals surface area contributed by atoms with Gasteiger partial charge < -0.3 is 14.5 Å². The second-order valence-corrected chi connectivity index (χ2v) is 3.13. The third-order valence-electron chi connectivity index (χ3n) is 2.00. The third kappa shape index (κ3) is 5.87. The molecule has 0 spiro atoms. The van der Waals surface area contributed by atoms with E-state index in [0.29, 0.717) is 19.6 Å². The molecule has 1 atom stereocenters. The van der Waals surface area contributed by atoms with E-state index in [1.807, 2.05) is 24.5 Å². The number of carbonyl (C=O) groups excluding carboxylic acids is 1. The molecule has 14 heavy (non-hydrogen) atoms. The minimum absolute atomic E-state index is 0.277. The lowest BCUT2D eigenvalue weighted by atomic mass is 10.3. The van der Waals surface area contributed by atoms with Gasteiger partial charge >= 0.3 is 5.97 Å². The highest BCUT2D eigenvalue weighted by atomic mass is 16.7. The first-order chi connectivity index (χ1) is 6.61. The van der Waals surface area contributed by atoms with E-state index >= 15 is 0 Å². The van der Waals surface area contributed by atoms with Gasteiger partial charge in [0.1, 0.15) is 0 Å². The molecule has 3 N–H and O–H groups in total. The monoisotopic (exact) mass is 205 g/mol. The Morgan fingerprint density at radius 3 is 2.79 bits per heavy atom. The van der Waals surface area contributed by atoms with Crippen LogP contribution in [0.15, 0.2) is 0 Å². The molecule has 0 aromatic heterocycles. The highest BCUT2D eigenvalue weighted by Crippen LogP contribution is 1.97. The molecular weight excluding hydrogens is 186 g/mol. The number of hydrogen-bond acceptors (Lipinski definition) is 6. The molecule has 84 valence electrons. The van der Waals surface area contributed by atoms with E-state index in [1.54, 1.807) is 7.11 Å². The Morgan fingerprint density at radius 2 is 2.29 bits per heavy atom. The molecule has 0 saturated heterocycles. The first-order valence-corrected chi connectivity index (χ1v) is 4.46. The van der Waals surface area contributed by atoms with E-state index in [1.165, 1.54) is 0 Å². The standard InChI is InChI=1S/C8H19N3O3/c1-7(6-13-3)11(2)5-4-8(12)14-10-9/h7,10H,4-6,9H2,1-3H3. The fourth-order valence-corrected chi connectivity index (χ4v) is 0.973. The summed E-state index contributed by atoms with van der Waals surface area (Å²) in [5, 5.41) is 0. The highest BCUT2D eigenvalue weighted by molar-refractivity contribution is 5.69. The van der Waals surface area contributed by atoms with Crippen LogP contribution in [-0.2, 0) is 14.4 Å². The first kappa shape index (κ1) is 13.3. The van der Waals surface area contributed by atoms with Crippen LogP contribution >= 0.6 is 0 Å². The second-order valence-electron chi connectivity index (χ2n) is 3.13. The SMILES string of the molecule is COCC(C)N(C)CCC(=O)ONN. The van der Waals surface area contributed by atoms with E-state index in [2.05, 4.69) is 4.84 Å². The van der Waals surface area contributed by atoms with Crippen molar-refractivity contribution in [3.63, 3.8) is 0 Å². The second kappa shape index (κ2) is 7.69. The molecule has 6 nitrogen and oxygen atoms in total. The first-order valence-electron chi connectivity index (χ1n) is 4.46. The Hall–Kier alpha value is -0.690. The van der Waals surface area contributed by atoms with Gasteiger partial charge in [-0.2, -0.15) is 0 Å². The topological polar surface area (TPSA) is 76.8 Å². The van der Waals surface area contributed by atoms with Crippen molar-refractivity contribution in [1.82, 2.24) is 10.5 Å². The number of nitrogens with one attached hydrogen (secondary N) is 1. The predicted molar refractivity (Wildman–Crippen MR) is 52.0 cm³/mol. The molecule has 0 aromatic carbocycles. The van der Waals surface area contributed by atoms with E-state index in [-0.39, 0.29) is 12.0 Å². The third-order valence-corrected chi connectivity index (χ3v) is 2.00. The zero-order valence-corrected chi connectivity index (χ0v) is 8.95. The minimum atomic E-state index is -0.371. The number of methoxy groups -OCH3 is 1. The molecule has 0 rings (SSSR count). The lowest BCUT2D eigenvalue weighted by Gasteiger charge is -2.23. The molecule has 0 saturated carbocycles. The van der Waals surface area contributed by atoms with E-state index in [4.69, 9.17) is 10.6 Å². The number of hydrazine groups is 1. The van der Waals surface area contributed by atoms with Gasteiger partial charge in [-0.15, -0.1) is 0 Å². The number of hydrogen-bond donors (Lipinski definition) is 2. The van der Waals surface area contributed by atoms with Crippen LogP contribution in [0.3, 0.4) is 0 Å². The molecule has 0 aliphatic rings. The summed E-state index contributed by atoms with van der Waals surface area (Å²) >= 11 is 0. The molecule has 0 aliphatic carbocycles. The van der Waals surface area contributed by atoms with Gasteiger partial charge in [0.25, 0.3) is 0 Å². The van der Waals surface area contributed by atoms with Gasteiger partial charge in [0.2, 0.25) is 0 Å². The Bertz CT molecular complexity index is 166. The molecule has 0 fully saturated rings. The van der Waals surface area contributed by atoms with Crippen LogP contribution in [0.25, 0.3) is 0 Å². The molecule has 1 unspecified atom stereocenters. The Kier molecular flexibility index (Phi) is 7.31. The zero-order chi connectivity index (χ0) is 11.0. The molecular formula is C8H19N3O3. The van der Waals surface area contributed by atoms with Crippen molar-refractivity contribution in [1.29, 1.82) is 0 Å².